The van der Waals surface area contributed by atoms with Gasteiger partial charge in [-0.3, -0.25) is 4.79 Å². The average molecular weight is 341 g/mol. The molecule has 5 heteroatoms. The van der Waals surface area contributed by atoms with Crippen molar-refractivity contribution in [3.05, 3.63) is 47.7 Å². The van der Waals surface area contributed by atoms with E-state index in [-0.39, 0.29) is 11.7 Å². The summed E-state index contributed by atoms with van der Waals surface area (Å²) in [4.78, 5) is 24.2. The highest BCUT2D eigenvalue weighted by atomic mass is 16.6. The lowest BCUT2D eigenvalue weighted by molar-refractivity contribution is -0.129. The molecule has 1 aromatic heterocycles. The Kier molecular flexibility index (Phi) is 5.53. The lowest BCUT2D eigenvalue weighted by Crippen LogP contribution is -2.36. The van der Waals surface area contributed by atoms with Crippen molar-refractivity contribution < 1.29 is 18.7 Å². The van der Waals surface area contributed by atoms with Gasteiger partial charge in [0.1, 0.15) is 5.58 Å². The molecule has 0 unspecified atom stereocenters. The Morgan fingerprint density at radius 1 is 1.28 bits per heavy atom. The molecule has 5 nitrogen and oxygen atoms in total. The topological polar surface area (TPSA) is 68.5 Å². The quantitative estimate of drug-likeness (QED) is 0.637. The summed E-state index contributed by atoms with van der Waals surface area (Å²) >= 11 is 0. The number of furan rings is 1. The third kappa shape index (κ3) is 4.50. The predicted octanol–water partition coefficient (Wildman–Crippen LogP) is 3.98. The van der Waals surface area contributed by atoms with E-state index >= 15 is 0 Å². The van der Waals surface area contributed by atoms with Crippen LogP contribution in [0.5, 0.6) is 0 Å². The highest BCUT2D eigenvalue weighted by Crippen LogP contribution is 2.20. The maximum atomic E-state index is 12.1. The van der Waals surface area contributed by atoms with Gasteiger partial charge in [-0.05, 0) is 51.2 Å². The smallest absolute Gasteiger partial charge is 0.375 e. The van der Waals surface area contributed by atoms with E-state index in [1.165, 1.54) is 18.4 Å². The van der Waals surface area contributed by atoms with E-state index in [1.807, 2.05) is 18.2 Å². The number of esters is 1. The first-order valence-corrected chi connectivity index (χ1v) is 8.78. The molecule has 0 bridgehead atoms. The first kappa shape index (κ1) is 17.3. The number of rotatable bonds is 6. The molecule has 132 valence electrons. The maximum absolute atomic E-state index is 12.1. The number of carbonyl (C=O) groups is 2. The lowest BCUT2D eigenvalue weighted by Gasteiger charge is -2.15. The molecule has 25 heavy (non-hydrogen) atoms. The van der Waals surface area contributed by atoms with Gasteiger partial charge in [0.25, 0.3) is 5.91 Å². The Bertz CT molecular complexity index is 757. The summed E-state index contributed by atoms with van der Waals surface area (Å²) in [5.74, 6) is -0.817. The van der Waals surface area contributed by atoms with Crippen LogP contribution in [-0.2, 0) is 9.53 Å². The number of para-hydroxylation sites is 1. The summed E-state index contributed by atoms with van der Waals surface area (Å²) in [6.45, 7) is 2.13. The monoisotopic (exact) mass is 341 g/mol. The molecule has 0 fully saturated rings. The standard InChI is InChI=1S/C20H23NO4/c1-14(19(22)21-12-11-15-7-3-2-4-8-15)24-20(23)18-13-16-9-5-6-10-17(16)25-18/h5-7,9-10,13-14H,2-4,8,11-12H2,1H3,(H,21,22)/t14-/m1/s1. The zero-order chi connectivity index (χ0) is 17.6. The van der Waals surface area contributed by atoms with Crippen molar-refractivity contribution in [1.29, 1.82) is 0 Å². The number of carbonyl (C=O) groups excluding carboxylic acids is 2. The number of fused-ring (bicyclic) bond motifs is 1. The van der Waals surface area contributed by atoms with Gasteiger partial charge in [-0.1, -0.05) is 29.8 Å². The van der Waals surface area contributed by atoms with E-state index in [0.717, 1.165) is 24.6 Å². The molecule has 1 N–H and O–H groups in total. The van der Waals surface area contributed by atoms with Crippen LogP contribution in [0.25, 0.3) is 11.0 Å². The van der Waals surface area contributed by atoms with Gasteiger partial charge in [0.2, 0.25) is 5.76 Å². The fourth-order valence-electron chi connectivity index (χ4n) is 2.98. The van der Waals surface area contributed by atoms with Gasteiger partial charge >= 0.3 is 5.97 Å². The minimum Gasteiger partial charge on any atom is -0.449 e. The number of allylic oxidation sites excluding steroid dienone is 1. The van der Waals surface area contributed by atoms with Gasteiger partial charge in [0, 0.05) is 11.9 Å². The molecule has 1 aliphatic carbocycles. The van der Waals surface area contributed by atoms with Crippen LogP contribution in [0.3, 0.4) is 0 Å². The van der Waals surface area contributed by atoms with Gasteiger partial charge in [0.15, 0.2) is 6.10 Å². The molecule has 0 spiro atoms. The van der Waals surface area contributed by atoms with Crippen LogP contribution in [-0.4, -0.2) is 24.5 Å². The molecule has 2 aromatic rings. The summed E-state index contributed by atoms with van der Waals surface area (Å²) in [6, 6.07) is 8.95. The zero-order valence-electron chi connectivity index (χ0n) is 14.4. The first-order chi connectivity index (χ1) is 12.1. The van der Waals surface area contributed by atoms with Crippen LogP contribution >= 0.6 is 0 Å². The molecule has 1 atom stereocenters. The Morgan fingerprint density at radius 2 is 2.12 bits per heavy atom. The van der Waals surface area contributed by atoms with Gasteiger partial charge in [-0.2, -0.15) is 0 Å². The molecular formula is C20H23NO4. The number of nitrogens with one attached hydrogen (secondary N) is 1. The van der Waals surface area contributed by atoms with Gasteiger partial charge in [-0.15, -0.1) is 0 Å². The van der Waals surface area contributed by atoms with Crippen molar-refractivity contribution in [3.63, 3.8) is 0 Å². The lowest BCUT2D eigenvalue weighted by atomic mass is 9.97. The summed E-state index contributed by atoms with van der Waals surface area (Å²) in [5, 5.41) is 3.65. The minimum atomic E-state index is -0.860. The normalized spacial score (nSPS) is 15.5. The minimum absolute atomic E-state index is 0.105. The van der Waals surface area contributed by atoms with Crippen molar-refractivity contribution in [1.82, 2.24) is 5.32 Å². The number of amides is 1. The Labute approximate surface area is 147 Å². The van der Waals surface area contributed by atoms with Crippen LogP contribution in [0, 0.1) is 0 Å². The highest BCUT2D eigenvalue weighted by molar-refractivity contribution is 5.94. The second-order valence-electron chi connectivity index (χ2n) is 6.35. The summed E-state index contributed by atoms with van der Waals surface area (Å²) < 4.78 is 10.7. The molecule has 0 radical (unpaired) electrons. The Morgan fingerprint density at radius 3 is 2.88 bits per heavy atom. The van der Waals surface area contributed by atoms with E-state index in [1.54, 1.807) is 19.1 Å². The number of ether oxygens (including phenoxy) is 1. The molecule has 0 saturated heterocycles. The molecule has 0 aliphatic heterocycles. The summed E-state index contributed by atoms with van der Waals surface area (Å²) in [5.41, 5.74) is 2.02. The number of hydrogen-bond donors (Lipinski definition) is 1. The van der Waals surface area contributed by atoms with Crippen molar-refractivity contribution in [2.24, 2.45) is 0 Å². The van der Waals surface area contributed by atoms with E-state index in [4.69, 9.17) is 9.15 Å². The molecule has 1 aromatic carbocycles. The third-order valence-corrected chi connectivity index (χ3v) is 4.41. The second-order valence-corrected chi connectivity index (χ2v) is 6.35. The van der Waals surface area contributed by atoms with Crippen LogP contribution < -0.4 is 5.32 Å². The summed E-state index contributed by atoms with van der Waals surface area (Å²) in [7, 11) is 0. The predicted molar refractivity (Wildman–Crippen MR) is 95.3 cm³/mol. The summed E-state index contributed by atoms with van der Waals surface area (Å²) in [6.07, 6.45) is 6.99. The SMILES string of the molecule is C[C@@H](OC(=O)c1cc2ccccc2o1)C(=O)NCCC1=CCCCC1. The Balaban J connectivity index is 1.48. The zero-order valence-corrected chi connectivity index (χ0v) is 14.4. The average Bonchev–Trinajstić information content (AvgIpc) is 3.07. The van der Waals surface area contributed by atoms with Crippen LogP contribution in [0.4, 0.5) is 0 Å². The molecule has 1 amide bonds. The first-order valence-electron chi connectivity index (χ1n) is 8.78. The molecular weight excluding hydrogens is 318 g/mol. The van der Waals surface area contributed by atoms with Crippen molar-refractivity contribution in [3.8, 4) is 0 Å². The van der Waals surface area contributed by atoms with Crippen molar-refractivity contribution in [2.75, 3.05) is 6.54 Å². The van der Waals surface area contributed by atoms with Crippen molar-refractivity contribution >= 4 is 22.8 Å². The van der Waals surface area contributed by atoms with Gasteiger partial charge < -0.3 is 14.5 Å². The Hall–Kier alpha value is -2.56. The van der Waals surface area contributed by atoms with Gasteiger partial charge in [-0.25, -0.2) is 4.79 Å². The fourth-order valence-corrected chi connectivity index (χ4v) is 2.98. The number of benzene rings is 1. The van der Waals surface area contributed by atoms with Crippen LogP contribution in [0.1, 0.15) is 49.6 Å². The third-order valence-electron chi connectivity index (χ3n) is 4.41. The highest BCUT2D eigenvalue weighted by Gasteiger charge is 2.21. The fraction of sp³-hybridized carbons (Fsp3) is 0.400. The van der Waals surface area contributed by atoms with Gasteiger partial charge in [0.05, 0.1) is 0 Å². The van der Waals surface area contributed by atoms with E-state index in [2.05, 4.69) is 11.4 Å². The maximum Gasteiger partial charge on any atom is 0.375 e. The molecule has 3 rings (SSSR count). The second kappa shape index (κ2) is 8.01. The molecule has 1 aliphatic rings. The largest absolute Gasteiger partial charge is 0.449 e. The van der Waals surface area contributed by atoms with E-state index in [0.29, 0.717) is 12.1 Å². The van der Waals surface area contributed by atoms with Crippen LogP contribution in [0.2, 0.25) is 0 Å². The van der Waals surface area contributed by atoms with Crippen molar-refractivity contribution in [2.45, 2.75) is 45.1 Å². The molecule has 1 heterocycles. The molecule has 0 saturated carbocycles. The van der Waals surface area contributed by atoms with Crippen LogP contribution in [0.15, 0.2) is 46.4 Å². The number of hydrogen-bond acceptors (Lipinski definition) is 4. The van der Waals surface area contributed by atoms with E-state index < -0.39 is 12.1 Å². The van der Waals surface area contributed by atoms with E-state index in [9.17, 15) is 9.59 Å².